The molecule has 6 heteroatoms. The molecule has 2 saturated heterocycles. The van der Waals surface area contributed by atoms with Crippen LogP contribution in [-0.4, -0.2) is 55.3 Å². The van der Waals surface area contributed by atoms with Crippen molar-refractivity contribution in [2.45, 2.75) is 38.2 Å². The molecule has 2 aliphatic rings. The van der Waals surface area contributed by atoms with Gasteiger partial charge in [-0.25, -0.2) is 0 Å². The van der Waals surface area contributed by atoms with E-state index in [1.165, 1.54) is 6.42 Å². The maximum absolute atomic E-state index is 12.8. The van der Waals surface area contributed by atoms with E-state index in [9.17, 15) is 4.79 Å². The van der Waals surface area contributed by atoms with E-state index in [0.717, 1.165) is 19.4 Å². The summed E-state index contributed by atoms with van der Waals surface area (Å²) in [5, 5.41) is 0. The third kappa shape index (κ3) is 3.30. The van der Waals surface area contributed by atoms with E-state index in [0.29, 0.717) is 37.6 Å². The van der Waals surface area contributed by atoms with Crippen molar-refractivity contribution in [3.05, 3.63) is 0 Å². The predicted octanol–water partition coefficient (Wildman–Crippen LogP) is 1.10. The number of carbonyl (C=O) groups is 1. The average Bonchev–Trinajstić information content (AvgIpc) is 2.48. The fourth-order valence-corrected chi connectivity index (χ4v) is 3.28. The van der Waals surface area contributed by atoms with Crippen LogP contribution in [0.5, 0.6) is 0 Å². The lowest BCUT2D eigenvalue weighted by atomic mass is 9.78. The SMILES string of the molecule is CN(CC1CCCCO1)C(=O)C1(C(N)=S)CCOCC1. The summed E-state index contributed by atoms with van der Waals surface area (Å²) in [6.07, 6.45) is 4.60. The molecule has 0 aromatic carbocycles. The molecule has 0 bridgehead atoms. The molecule has 2 fully saturated rings. The van der Waals surface area contributed by atoms with Gasteiger partial charge in [0.1, 0.15) is 5.41 Å². The Labute approximate surface area is 125 Å². The molecule has 20 heavy (non-hydrogen) atoms. The summed E-state index contributed by atoms with van der Waals surface area (Å²) in [4.78, 5) is 14.8. The van der Waals surface area contributed by atoms with Crippen molar-refractivity contribution in [2.24, 2.45) is 11.1 Å². The summed E-state index contributed by atoms with van der Waals surface area (Å²) in [5.41, 5.74) is 5.15. The van der Waals surface area contributed by atoms with Crippen LogP contribution < -0.4 is 5.73 Å². The van der Waals surface area contributed by atoms with E-state index in [4.69, 9.17) is 27.4 Å². The van der Waals surface area contributed by atoms with Crippen LogP contribution in [-0.2, 0) is 14.3 Å². The largest absolute Gasteiger partial charge is 0.392 e. The maximum Gasteiger partial charge on any atom is 0.235 e. The Morgan fingerprint density at radius 2 is 2.05 bits per heavy atom. The van der Waals surface area contributed by atoms with Crippen molar-refractivity contribution >= 4 is 23.1 Å². The zero-order chi connectivity index (χ0) is 14.6. The Balaban J connectivity index is 2.01. The van der Waals surface area contributed by atoms with Crippen LogP contribution in [0.1, 0.15) is 32.1 Å². The van der Waals surface area contributed by atoms with Gasteiger partial charge in [0.2, 0.25) is 5.91 Å². The Morgan fingerprint density at radius 3 is 2.60 bits per heavy atom. The molecule has 114 valence electrons. The van der Waals surface area contributed by atoms with Gasteiger partial charge < -0.3 is 20.1 Å². The molecule has 2 N–H and O–H groups in total. The molecular formula is C14H24N2O3S. The topological polar surface area (TPSA) is 64.8 Å². The summed E-state index contributed by atoms with van der Waals surface area (Å²) >= 11 is 5.17. The van der Waals surface area contributed by atoms with Gasteiger partial charge in [0, 0.05) is 33.4 Å². The molecule has 0 saturated carbocycles. The van der Waals surface area contributed by atoms with Gasteiger partial charge in [0.25, 0.3) is 0 Å². The Kier molecular flexibility index (Phi) is 5.35. The second-order valence-corrected chi connectivity index (χ2v) is 6.17. The van der Waals surface area contributed by atoms with E-state index in [2.05, 4.69) is 0 Å². The van der Waals surface area contributed by atoms with E-state index in [-0.39, 0.29) is 12.0 Å². The van der Waals surface area contributed by atoms with Gasteiger partial charge in [-0.05, 0) is 32.1 Å². The molecule has 1 atom stereocenters. The number of likely N-dealkylation sites (N-methyl/N-ethyl adjacent to an activating group) is 1. The first kappa shape index (κ1) is 15.7. The summed E-state index contributed by atoms with van der Waals surface area (Å²) in [6.45, 7) is 2.48. The minimum absolute atomic E-state index is 0.0162. The van der Waals surface area contributed by atoms with E-state index < -0.39 is 5.41 Å². The van der Waals surface area contributed by atoms with Gasteiger partial charge in [-0.15, -0.1) is 0 Å². The third-order valence-electron chi connectivity index (χ3n) is 4.33. The highest BCUT2D eigenvalue weighted by atomic mass is 32.1. The number of thiocarbonyl (C=S) groups is 1. The monoisotopic (exact) mass is 300 g/mol. The fourth-order valence-electron chi connectivity index (χ4n) is 2.99. The highest BCUT2D eigenvalue weighted by Crippen LogP contribution is 2.33. The van der Waals surface area contributed by atoms with Gasteiger partial charge in [0.05, 0.1) is 11.1 Å². The minimum Gasteiger partial charge on any atom is -0.392 e. The Hall–Kier alpha value is -0.720. The van der Waals surface area contributed by atoms with Gasteiger partial charge in [-0.2, -0.15) is 0 Å². The first-order chi connectivity index (χ1) is 9.56. The van der Waals surface area contributed by atoms with Crippen LogP contribution in [0.2, 0.25) is 0 Å². The fraction of sp³-hybridized carbons (Fsp3) is 0.857. The molecule has 0 spiro atoms. The zero-order valence-electron chi connectivity index (χ0n) is 12.1. The predicted molar refractivity (Wildman–Crippen MR) is 80.5 cm³/mol. The van der Waals surface area contributed by atoms with E-state index >= 15 is 0 Å². The van der Waals surface area contributed by atoms with Crippen LogP contribution in [0, 0.1) is 5.41 Å². The molecule has 5 nitrogen and oxygen atoms in total. The third-order valence-corrected chi connectivity index (χ3v) is 4.72. The molecule has 0 aromatic heterocycles. The molecule has 2 heterocycles. The average molecular weight is 300 g/mol. The first-order valence-corrected chi connectivity index (χ1v) is 7.72. The molecule has 2 aliphatic heterocycles. The molecule has 0 aromatic rings. The van der Waals surface area contributed by atoms with E-state index in [1.807, 2.05) is 7.05 Å². The van der Waals surface area contributed by atoms with Crippen LogP contribution in [0.3, 0.4) is 0 Å². The number of rotatable bonds is 4. The van der Waals surface area contributed by atoms with Crippen LogP contribution in [0.15, 0.2) is 0 Å². The highest BCUT2D eigenvalue weighted by molar-refractivity contribution is 7.80. The number of hydrogen-bond donors (Lipinski definition) is 1. The van der Waals surface area contributed by atoms with Gasteiger partial charge in [0.15, 0.2) is 0 Å². The summed E-state index contributed by atoms with van der Waals surface area (Å²) < 4.78 is 11.0. The highest BCUT2D eigenvalue weighted by Gasteiger charge is 2.44. The number of hydrogen-bond acceptors (Lipinski definition) is 4. The zero-order valence-corrected chi connectivity index (χ0v) is 12.9. The number of nitrogens with zero attached hydrogens (tertiary/aromatic N) is 1. The lowest BCUT2D eigenvalue weighted by Crippen LogP contribution is -2.53. The quantitative estimate of drug-likeness (QED) is 0.788. The van der Waals surface area contributed by atoms with Crippen molar-refractivity contribution in [2.75, 3.05) is 33.4 Å². The van der Waals surface area contributed by atoms with Crippen LogP contribution in [0.4, 0.5) is 0 Å². The van der Waals surface area contributed by atoms with Crippen molar-refractivity contribution < 1.29 is 14.3 Å². The second-order valence-electron chi connectivity index (χ2n) is 5.73. The normalized spacial score (nSPS) is 25.9. The second kappa shape index (κ2) is 6.83. The number of amides is 1. The lowest BCUT2D eigenvalue weighted by Gasteiger charge is -2.38. The molecule has 1 unspecified atom stereocenters. The molecular weight excluding hydrogens is 276 g/mol. The first-order valence-electron chi connectivity index (χ1n) is 7.31. The van der Waals surface area contributed by atoms with Gasteiger partial charge >= 0.3 is 0 Å². The molecule has 2 rings (SSSR count). The number of carbonyl (C=O) groups excluding carboxylic acids is 1. The summed E-state index contributed by atoms with van der Waals surface area (Å²) in [6, 6.07) is 0. The number of nitrogens with two attached hydrogens (primary N) is 1. The Bertz CT molecular complexity index is 363. The summed E-state index contributed by atoms with van der Waals surface area (Å²) in [5.74, 6) is 0.0162. The van der Waals surface area contributed by atoms with Gasteiger partial charge in [-0.3, -0.25) is 4.79 Å². The van der Waals surface area contributed by atoms with Gasteiger partial charge in [-0.1, -0.05) is 12.2 Å². The van der Waals surface area contributed by atoms with Crippen molar-refractivity contribution in [3.63, 3.8) is 0 Å². The summed E-state index contributed by atoms with van der Waals surface area (Å²) in [7, 11) is 1.82. The maximum atomic E-state index is 12.8. The smallest absolute Gasteiger partial charge is 0.235 e. The van der Waals surface area contributed by atoms with Crippen molar-refractivity contribution in [1.82, 2.24) is 4.90 Å². The van der Waals surface area contributed by atoms with Crippen molar-refractivity contribution in [1.29, 1.82) is 0 Å². The molecule has 0 radical (unpaired) electrons. The Morgan fingerprint density at radius 1 is 1.35 bits per heavy atom. The van der Waals surface area contributed by atoms with Crippen LogP contribution in [0.25, 0.3) is 0 Å². The van der Waals surface area contributed by atoms with E-state index in [1.54, 1.807) is 4.90 Å². The molecule has 1 amide bonds. The van der Waals surface area contributed by atoms with Crippen LogP contribution >= 0.6 is 12.2 Å². The standard InChI is InChI=1S/C14H24N2O3S/c1-16(10-11-4-2-3-7-19-11)13(17)14(12(15)20)5-8-18-9-6-14/h11H,2-10H2,1H3,(H2,15,20). The number of ether oxygens (including phenoxy) is 2. The van der Waals surface area contributed by atoms with Crippen molar-refractivity contribution in [3.8, 4) is 0 Å². The minimum atomic E-state index is -0.725. The molecule has 0 aliphatic carbocycles. The lowest BCUT2D eigenvalue weighted by molar-refractivity contribution is -0.143.